The van der Waals surface area contributed by atoms with E-state index in [4.69, 9.17) is 10.5 Å². The van der Waals surface area contributed by atoms with E-state index in [1.54, 1.807) is 0 Å². The van der Waals surface area contributed by atoms with Gasteiger partial charge in [0.05, 0.1) is 6.61 Å². The Morgan fingerprint density at radius 2 is 2.00 bits per heavy atom. The third-order valence-corrected chi connectivity index (χ3v) is 3.39. The third kappa shape index (κ3) is 4.31. The van der Waals surface area contributed by atoms with E-state index >= 15 is 0 Å². The Labute approximate surface area is 92.4 Å². The number of ether oxygens (including phenoxy) is 1. The summed E-state index contributed by atoms with van der Waals surface area (Å²) in [5.41, 5.74) is 5.29. The van der Waals surface area contributed by atoms with Gasteiger partial charge in [-0.3, -0.25) is 4.79 Å². The normalized spacial score (nSPS) is 26.5. The van der Waals surface area contributed by atoms with Crippen molar-refractivity contribution in [2.45, 2.75) is 39.0 Å². The fourth-order valence-corrected chi connectivity index (χ4v) is 2.27. The molecule has 0 aromatic rings. The van der Waals surface area contributed by atoms with Gasteiger partial charge in [-0.2, -0.15) is 0 Å². The Morgan fingerprint density at radius 3 is 2.53 bits per heavy atom. The van der Waals surface area contributed by atoms with Crippen LogP contribution in [0.2, 0.25) is 0 Å². The van der Waals surface area contributed by atoms with Crippen molar-refractivity contribution >= 4 is 5.78 Å². The van der Waals surface area contributed by atoms with E-state index in [-0.39, 0.29) is 18.3 Å². The summed E-state index contributed by atoms with van der Waals surface area (Å²) < 4.78 is 5.18. The highest BCUT2D eigenvalue weighted by molar-refractivity contribution is 5.82. The van der Waals surface area contributed by atoms with Crippen LogP contribution in [0, 0.1) is 11.8 Å². The lowest BCUT2D eigenvalue weighted by Crippen LogP contribution is -2.25. The molecular weight excluding hydrogens is 190 g/mol. The number of nitrogens with two attached hydrogens (primary N) is 1. The summed E-state index contributed by atoms with van der Waals surface area (Å²) >= 11 is 0. The van der Waals surface area contributed by atoms with E-state index in [1.165, 1.54) is 19.3 Å². The highest BCUT2D eigenvalue weighted by Gasteiger charge is 2.24. The molecule has 1 aliphatic carbocycles. The third-order valence-electron chi connectivity index (χ3n) is 3.39. The van der Waals surface area contributed by atoms with E-state index in [1.807, 2.05) is 0 Å². The van der Waals surface area contributed by atoms with Crippen LogP contribution in [0.5, 0.6) is 0 Å². The molecule has 0 saturated heterocycles. The van der Waals surface area contributed by atoms with Crippen molar-refractivity contribution in [3.05, 3.63) is 0 Å². The molecule has 1 aliphatic rings. The second-order valence-electron chi connectivity index (χ2n) is 4.43. The van der Waals surface area contributed by atoms with E-state index in [9.17, 15) is 4.79 Å². The van der Waals surface area contributed by atoms with Crippen molar-refractivity contribution in [1.29, 1.82) is 0 Å². The van der Waals surface area contributed by atoms with Gasteiger partial charge < -0.3 is 10.5 Å². The summed E-state index contributed by atoms with van der Waals surface area (Å²) in [5, 5.41) is 0. The van der Waals surface area contributed by atoms with E-state index < -0.39 is 0 Å². The molecule has 0 radical (unpaired) electrons. The number of carbonyl (C=O) groups is 1. The molecule has 0 aromatic heterocycles. The Hall–Kier alpha value is -0.410. The molecule has 0 aliphatic heterocycles. The Kier molecular flexibility index (Phi) is 5.88. The van der Waals surface area contributed by atoms with Gasteiger partial charge in [0.2, 0.25) is 0 Å². The van der Waals surface area contributed by atoms with Crippen LogP contribution in [0.3, 0.4) is 0 Å². The zero-order valence-corrected chi connectivity index (χ0v) is 9.71. The van der Waals surface area contributed by atoms with Crippen molar-refractivity contribution in [2.24, 2.45) is 17.6 Å². The van der Waals surface area contributed by atoms with Crippen LogP contribution in [0.1, 0.15) is 39.0 Å². The van der Waals surface area contributed by atoms with E-state index in [0.717, 1.165) is 18.8 Å². The van der Waals surface area contributed by atoms with Crippen LogP contribution < -0.4 is 5.73 Å². The van der Waals surface area contributed by atoms with Crippen molar-refractivity contribution in [2.75, 3.05) is 19.8 Å². The van der Waals surface area contributed by atoms with Gasteiger partial charge in [-0.05, 0) is 31.6 Å². The molecule has 15 heavy (non-hydrogen) atoms. The summed E-state index contributed by atoms with van der Waals surface area (Å²) in [6, 6.07) is 0. The van der Waals surface area contributed by atoms with Gasteiger partial charge in [-0.1, -0.05) is 13.3 Å². The van der Waals surface area contributed by atoms with Gasteiger partial charge >= 0.3 is 0 Å². The Morgan fingerprint density at radius 1 is 1.33 bits per heavy atom. The molecule has 0 atom stereocenters. The van der Waals surface area contributed by atoms with Crippen molar-refractivity contribution < 1.29 is 9.53 Å². The molecule has 88 valence electrons. The quantitative estimate of drug-likeness (QED) is 0.684. The first-order valence-electron chi connectivity index (χ1n) is 6.08. The molecule has 1 fully saturated rings. The smallest absolute Gasteiger partial charge is 0.161 e. The molecule has 2 N–H and O–H groups in total. The highest BCUT2D eigenvalue weighted by Crippen LogP contribution is 2.30. The number of Topliss-reactive ketones (excluding diaryl/α,β-unsaturated/α-hetero) is 1. The van der Waals surface area contributed by atoms with Gasteiger partial charge in [0, 0.05) is 12.5 Å². The monoisotopic (exact) mass is 213 g/mol. The van der Waals surface area contributed by atoms with Crippen molar-refractivity contribution in [3.8, 4) is 0 Å². The number of hydrogen-bond acceptors (Lipinski definition) is 3. The molecular formula is C12H23NO2. The van der Waals surface area contributed by atoms with Crippen LogP contribution in [0.4, 0.5) is 0 Å². The molecule has 0 unspecified atom stereocenters. The minimum atomic E-state index is 0.255. The molecule has 1 saturated carbocycles. The maximum Gasteiger partial charge on any atom is 0.161 e. The summed E-state index contributed by atoms with van der Waals surface area (Å²) in [4.78, 5) is 11.7. The molecule has 0 spiro atoms. The van der Waals surface area contributed by atoms with Gasteiger partial charge in [0.25, 0.3) is 0 Å². The number of rotatable bonds is 6. The minimum Gasteiger partial charge on any atom is -0.372 e. The summed E-state index contributed by atoms with van der Waals surface area (Å²) in [7, 11) is 0. The predicted molar refractivity (Wildman–Crippen MR) is 60.6 cm³/mol. The van der Waals surface area contributed by atoms with Crippen LogP contribution >= 0.6 is 0 Å². The standard InChI is InChI=1S/C12H23NO2/c1-2-10-3-5-11(6-4-10)12(14)9-15-8-7-13/h10-11H,2-9,13H2,1H3. The SMILES string of the molecule is CCC1CCC(C(=O)COCCN)CC1. The first-order valence-corrected chi connectivity index (χ1v) is 6.08. The number of hydrogen-bond donors (Lipinski definition) is 1. The molecule has 3 nitrogen and oxygen atoms in total. The number of ketones is 1. The fourth-order valence-electron chi connectivity index (χ4n) is 2.27. The van der Waals surface area contributed by atoms with E-state index in [0.29, 0.717) is 13.2 Å². The van der Waals surface area contributed by atoms with Crippen LogP contribution in [0.15, 0.2) is 0 Å². The fraction of sp³-hybridized carbons (Fsp3) is 0.917. The average molecular weight is 213 g/mol. The first-order chi connectivity index (χ1) is 7.27. The summed E-state index contributed by atoms with van der Waals surface area (Å²) in [6.45, 7) is 3.49. The number of carbonyl (C=O) groups excluding carboxylic acids is 1. The zero-order valence-electron chi connectivity index (χ0n) is 9.71. The lowest BCUT2D eigenvalue weighted by atomic mass is 9.79. The molecule has 0 aromatic carbocycles. The molecule has 3 heteroatoms. The maximum atomic E-state index is 11.7. The molecule has 0 amide bonds. The van der Waals surface area contributed by atoms with Crippen LogP contribution in [0.25, 0.3) is 0 Å². The zero-order chi connectivity index (χ0) is 11.1. The second-order valence-corrected chi connectivity index (χ2v) is 4.43. The summed E-state index contributed by atoms with van der Waals surface area (Å²) in [6.07, 6.45) is 5.80. The largest absolute Gasteiger partial charge is 0.372 e. The minimum absolute atomic E-state index is 0.255. The van der Waals surface area contributed by atoms with E-state index in [2.05, 4.69) is 6.92 Å². The maximum absolute atomic E-state index is 11.7. The Bertz CT molecular complexity index is 186. The predicted octanol–water partition coefficient (Wildman–Crippen LogP) is 1.75. The lowest BCUT2D eigenvalue weighted by molar-refractivity contribution is -0.128. The average Bonchev–Trinajstić information content (AvgIpc) is 2.29. The van der Waals surface area contributed by atoms with Gasteiger partial charge in [0.15, 0.2) is 5.78 Å². The van der Waals surface area contributed by atoms with Gasteiger partial charge in [0.1, 0.15) is 6.61 Å². The summed E-state index contributed by atoms with van der Waals surface area (Å²) in [5.74, 6) is 1.38. The topological polar surface area (TPSA) is 52.3 Å². The second kappa shape index (κ2) is 6.96. The molecule has 0 heterocycles. The molecule has 0 bridgehead atoms. The highest BCUT2D eigenvalue weighted by atomic mass is 16.5. The van der Waals surface area contributed by atoms with Crippen molar-refractivity contribution in [1.82, 2.24) is 0 Å². The van der Waals surface area contributed by atoms with Gasteiger partial charge in [-0.15, -0.1) is 0 Å². The van der Waals surface area contributed by atoms with Crippen molar-refractivity contribution in [3.63, 3.8) is 0 Å². The van der Waals surface area contributed by atoms with Crippen LogP contribution in [-0.2, 0) is 9.53 Å². The first kappa shape index (κ1) is 12.7. The van der Waals surface area contributed by atoms with Crippen LogP contribution in [-0.4, -0.2) is 25.5 Å². The van der Waals surface area contributed by atoms with Gasteiger partial charge in [-0.25, -0.2) is 0 Å². The molecule has 1 rings (SSSR count). The lowest BCUT2D eigenvalue weighted by Gasteiger charge is -2.26. The Balaban J connectivity index is 2.18.